The van der Waals surface area contributed by atoms with E-state index in [1.54, 1.807) is 11.3 Å². The predicted molar refractivity (Wildman–Crippen MR) is 125 cm³/mol. The number of aryl methyl sites for hydroxylation is 2. The number of benzene rings is 2. The second-order valence-corrected chi connectivity index (χ2v) is 9.34. The maximum Gasteiger partial charge on any atom is 0.225 e. The standard InChI is InChI=1S/C24H26ClN3OS/c1-16-6-3-4-8-21(16)28-13-5-7-19(15-28)23(29)26-14-22-17(2)27-24(30-22)18-9-11-20(25)12-10-18/h3-4,6,8-12,19H,5,7,13-15H2,1-2H3,(H,26,29). The Morgan fingerprint density at radius 1 is 1.20 bits per heavy atom. The summed E-state index contributed by atoms with van der Waals surface area (Å²) in [6.45, 7) is 6.43. The number of carbonyl (C=O) groups excluding carboxylic acids is 1. The highest BCUT2D eigenvalue weighted by Crippen LogP contribution is 2.29. The van der Waals surface area contributed by atoms with E-state index in [-0.39, 0.29) is 11.8 Å². The molecule has 30 heavy (non-hydrogen) atoms. The third kappa shape index (κ3) is 4.68. The van der Waals surface area contributed by atoms with Crippen LogP contribution < -0.4 is 10.2 Å². The molecule has 0 spiro atoms. The minimum absolute atomic E-state index is 0.0160. The Balaban J connectivity index is 1.39. The largest absolute Gasteiger partial charge is 0.371 e. The Morgan fingerprint density at radius 3 is 2.73 bits per heavy atom. The summed E-state index contributed by atoms with van der Waals surface area (Å²) in [4.78, 5) is 21.0. The molecule has 1 aliphatic heterocycles. The van der Waals surface area contributed by atoms with E-state index >= 15 is 0 Å². The number of amides is 1. The first kappa shape index (κ1) is 20.9. The van der Waals surface area contributed by atoms with E-state index in [1.165, 1.54) is 11.3 Å². The highest BCUT2D eigenvalue weighted by atomic mass is 35.5. The molecule has 1 amide bonds. The molecule has 6 heteroatoms. The molecule has 1 aromatic heterocycles. The summed E-state index contributed by atoms with van der Waals surface area (Å²) in [6, 6.07) is 16.1. The summed E-state index contributed by atoms with van der Waals surface area (Å²) in [6.07, 6.45) is 1.97. The fraction of sp³-hybridized carbons (Fsp3) is 0.333. The quantitative estimate of drug-likeness (QED) is 0.561. The molecule has 0 bridgehead atoms. The third-order valence-corrected chi connectivity index (χ3v) is 7.11. The number of aromatic nitrogens is 1. The Bertz CT molecular complexity index is 1030. The highest BCUT2D eigenvalue weighted by molar-refractivity contribution is 7.15. The van der Waals surface area contributed by atoms with Crippen LogP contribution in [0.15, 0.2) is 48.5 Å². The minimum atomic E-state index is 0.0160. The maximum atomic E-state index is 12.9. The van der Waals surface area contributed by atoms with Crippen molar-refractivity contribution in [2.24, 2.45) is 5.92 Å². The van der Waals surface area contributed by atoms with E-state index in [0.717, 1.165) is 47.1 Å². The number of anilines is 1. The SMILES string of the molecule is Cc1ccccc1N1CCCC(C(=O)NCc2sc(-c3ccc(Cl)cc3)nc2C)C1. The highest BCUT2D eigenvalue weighted by Gasteiger charge is 2.26. The molecule has 156 valence electrons. The Labute approximate surface area is 186 Å². The van der Waals surface area contributed by atoms with Crippen LogP contribution in [0.25, 0.3) is 10.6 Å². The topological polar surface area (TPSA) is 45.2 Å². The summed E-state index contributed by atoms with van der Waals surface area (Å²) >= 11 is 7.61. The predicted octanol–water partition coefficient (Wildman–Crippen LogP) is 5.61. The van der Waals surface area contributed by atoms with Crippen molar-refractivity contribution in [2.45, 2.75) is 33.2 Å². The van der Waals surface area contributed by atoms with Crippen LogP contribution in [0.2, 0.25) is 5.02 Å². The zero-order chi connectivity index (χ0) is 21.1. The first-order chi connectivity index (χ1) is 14.5. The van der Waals surface area contributed by atoms with E-state index in [2.05, 4.69) is 46.4 Å². The van der Waals surface area contributed by atoms with Crippen molar-refractivity contribution in [1.82, 2.24) is 10.3 Å². The molecule has 2 aromatic carbocycles. The molecular weight excluding hydrogens is 414 g/mol. The van der Waals surface area contributed by atoms with Crippen molar-refractivity contribution in [3.63, 3.8) is 0 Å². The molecule has 1 fully saturated rings. The van der Waals surface area contributed by atoms with E-state index in [4.69, 9.17) is 11.6 Å². The van der Waals surface area contributed by atoms with Crippen molar-refractivity contribution in [3.05, 3.63) is 69.7 Å². The van der Waals surface area contributed by atoms with Crippen molar-refractivity contribution in [3.8, 4) is 10.6 Å². The second kappa shape index (κ2) is 9.19. The number of rotatable bonds is 5. The number of piperidine rings is 1. The molecule has 1 unspecified atom stereocenters. The van der Waals surface area contributed by atoms with E-state index in [1.807, 2.05) is 31.2 Å². The van der Waals surface area contributed by atoms with Gasteiger partial charge >= 0.3 is 0 Å². The number of para-hydroxylation sites is 1. The fourth-order valence-electron chi connectivity index (χ4n) is 3.95. The third-order valence-electron chi connectivity index (χ3n) is 5.66. The molecule has 4 rings (SSSR count). The average molecular weight is 440 g/mol. The van der Waals surface area contributed by atoms with Gasteiger partial charge in [-0.15, -0.1) is 11.3 Å². The first-order valence-corrected chi connectivity index (χ1v) is 11.5. The van der Waals surface area contributed by atoms with Crippen molar-refractivity contribution < 1.29 is 4.79 Å². The molecule has 1 aliphatic rings. The van der Waals surface area contributed by atoms with Crippen molar-refractivity contribution in [1.29, 1.82) is 0 Å². The van der Waals surface area contributed by atoms with Gasteiger partial charge in [0.1, 0.15) is 5.01 Å². The molecule has 2 heterocycles. The summed E-state index contributed by atoms with van der Waals surface area (Å²) < 4.78 is 0. The number of hydrogen-bond donors (Lipinski definition) is 1. The summed E-state index contributed by atoms with van der Waals surface area (Å²) in [5.41, 5.74) is 4.51. The minimum Gasteiger partial charge on any atom is -0.371 e. The molecule has 0 radical (unpaired) electrons. The van der Waals surface area contributed by atoms with Gasteiger partial charge in [0.15, 0.2) is 0 Å². The van der Waals surface area contributed by atoms with Crippen LogP contribution in [0.4, 0.5) is 5.69 Å². The van der Waals surface area contributed by atoms with Gasteiger partial charge in [0.2, 0.25) is 5.91 Å². The lowest BCUT2D eigenvalue weighted by Crippen LogP contribution is -2.43. The van der Waals surface area contributed by atoms with Crippen LogP contribution in [0.3, 0.4) is 0 Å². The lowest BCUT2D eigenvalue weighted by atomic mass is 9.96. The van der Waals surface area contributed by atoms with Gasteiger partial charge in [0, 0.05) is 34.2 Å². The molecule has 0 saturated carbocycles. The number of carbonyl (C=O) groups is 1. The summed E-state index contributed by atoms with van der Waals surface area (Å²) in [7, 11) is 0. The number of halogens is 1. The second-order valence-electron chi connectivity index (χ2n) is 7.82. The number of hydrogen-bond acceptors (Lipinski definition) is 4. The van der Waals surface area contributed by atoms with Crippen LogP contribution in [0.1, 0.15) is 29.0 Å². The monoisotopic (exact) mass is 439 g/mol. The van der Waals surface area contributed by atoms with Crippen molar-refractivity contribution >= 4 is 34.5 Å². The van der Waals surface area contributed by atoms with E-state index in [0.29, 0.717) is 11.6 Å². The Morgan fingerprint density at radius 2 is 1.97 bits per heavy atom. The van der Waals surface area contributed by atoms with Gasteiger partial charge in [-0.05, 0) is 50.5 Å². The number of thiazole rings is 1. The van der Waals surface area contributed by atoms with Gasteiger partial charge < -0.3 is 10.2 Å². The molecule has 1 saturated heterocycles. The molecule has 4 nitrogen and oxygen atoms in total. The molecule has 3 aromatic rings. The Hall–Kier alpha value is -2.37. The lowest BCUT2D eigenvalue weighted by molar-refractivity contribution is -0.125. The van der Waals surface area contributed by atoms with Gasteiger partial charge in [-0.25, -0.2) is 4.98 Å². The van der Waals surface area contributed by atoms with Crippen LogP contribution in [-0.4, -0.2) is 24.0 Å². The average Bonchev–Trinajstić information content (AvgIpc) is 3.13. The van der Waals surface area contributed by atoms with Crippen LogP contribution in [-0.2, 0) is 11.3 Å². The first-order valence-electron chi connectivity index (χ1n) is 10.3. The fourth-order valence-corrected chi connectivity index (χ4v) is 5.08. The van der Waals surface area contributed by atoms with Crippen molar-refractivity contribution in [2.75, 3.05) is 18.0 Å². The smallest absolute Gasteiger partial charge is 0.225 e. The zero-order valence-corrected chi connectivity index (χ0v) is 18.9. The maximum absolute atomic E-state index is 12.9. The van der Waals surface area contributed by atoms with Crippen LogP contribution >= 0.6 is 22.9 Å². The number of nitrogens with zero attached hydrogens (tertiary/aromatic N) is 2. The van der Waals surface area contributed by atoms with Crippen LogP contribution in [0, 0.1) is 19.8 Å². The van der Waals surface area contributed by atoms with Gasteiger partial charge in [0.05, 0.1) is 18.2 Å². The molecule has 0 aliphatic carbocycles. The lowest BCUT2D eigenvalue weighted by Gasteiger charge is -2.34. The van der Waals surface area contributed by atoms with Gasteiger partial charge in [-0.1, -0.05) is 41.9 Å². The normalized spacial score (nSPS) is 16.5. The van der Waals surface area contributed by atoms with Gasteiger partial charge in [0.25, 0.3) is 0 Å². The van der Waals surface area contributed by atoms with Crippen LogP contribution in [0.5, 0.6) is 0 Å². The summed E-state index contributed by atoms with van der Waals surface area (Å²) in [5.74, 6) is 0.149. The summed E-state index contributed by atoms with van der Waals surface area (Å²) in [5, 5.41) is 4.82. The number of nitrogens with one attached hydrogen (secondary N) is 1. The van der Waals surface area contributed by atoms with E-state index < -0.39 is 0 Å². The van der Waals surface area contributed by atoms with Gasteiger partial charge in [-0.2, -0.15) is 0 Å². The molecular formula is C24H26ClN3OS. The zero-order valence-electron chi connectivity index (χ0n) is 17.3. The van der Waals surface area contributed by atoms with Gasteiger partial charge in [-0.3, -0.25) is 4.79 Å². The molecule has 1 N–H and O–H groups in total. The molecule has 1 atom stereocenters. The van der Waals surface area contributed by atoms with E-state index in [9.17, 15) is 4.79 Å². The Kier molecular flexibility index (Phi) is 6.40.